The summed E-state index contributed by atoms with van der Waals surface area (Å²) in [5.74, 6) is -1.32. The van der Waals surface area contributed by atoms with Crippen molar-refractivity contribution in [3.8, 4) is 0 Å². The van der Waals surface area contributed by atoms with Crippen molar-refractivity contribution < 1.29 is 9.90 Å². The molecular formula is C5H6N4O2. The normalized spacial score (nSPS) is 9.45. The quantitative estimate of drug-likeness (QED) is 0.494. The van der Waals surface area contributed by atoms with E-state index in [0.717, 1.165) is 6.20 Å². The molecule has 0 aliphatic carbocycles. The number of nitrogens with two attached hydrogens (primary N) is 2. The molecule has 11 heavy (non-hydrogen) atoms. The molecule has 58 valence electrons. The first-order valence-electron chi connectivity index (χ1n) is 2.72. The van der Waals surface area contributed by atoms with Gasteiger partial charge in [0.2, 0.25) is 5.95 Å². The Balaban J connectivity index is 3.20. The number of carboxylic acid groups (broad SMARTS) is 1. The Hall–Kier alpha value is -1.85. The summed E-state index contributed by atoms with van der Waals surface area (Å²) in [4.78, 5) is 17.3. The zero-order valence-corrected chi connectivity index (χ0v) is 5.48. The third kappa shape index (κ3) is 1.34. The maximum Gasteiger partial charge on any atom is 0.341 e. The molecule has 0 amide bonds. The zero-order valence-electron chi connectivity index (χ0n) is 5.48. The number of nitrogens with zero attached hydrogens (tertiary/aromatic N) is 2. The number of aromatic carboxylic acids is 1. The van der Waals surface area contributed by atoms with E-state index in [-0.39, 0.29) is 17.3 Å². The number of carbonyl (C=O) groups is 1. The van der Waals surface area contributed by atoms with Gasteiger partial charge in [0.1, 0.15) is 11.4 Å². The van der Waals surface area contributed by atoms with E-state index in [1.54, 1.807) is 0 Å². The second kappa shape index (κ2) is 2.41. The van der Waals surface area contributed by atoms with Gasteiger partial charge in [-0.2, -0.15) is 4.98 Å². The molecule has 0 saturated heterocycles. The molecule has 6 heteroatoms. The molecule has 0 radical (unpaired) electrons. The van der Waals surface area contributed by atoms with Crippen molar-refractivity contribution in [3.63, 3.8) is 0 Å². The lowest BCUT2D eigenvalue weighted by Crippen LogP contribution is -2.07. The van der Waals surface area contributed by atoms with Crippen molar-refractivity contribution >= 4 is 17.7 Å². The Bertz CT molecular complexity index is 299. The zero-order chi connectivity index (χ0) is 8.43. The van der Waals surface area contributed by atoms with E-state index in [9.17, 15) is 4.79 Å². The average Bonchev–Trinajstić information content (AvgIpc) is 1.85. The largest absolute Gasteiger partial charge is 0.477 e. The molecule has 5 N–H and O–H groups in total. The first-order valence-corrected chi connectivity index (χ1v) is 2.72. The van der Waals surface area contributed by atoms with Crippen molar-refractivity contribution in [2.45, 2.75) is 0 Å². The van der Waals surface area contributed by atoms with E-state index < -0.39 is 5.97 Å². The Morgan fingerprint density at radius 3 is 2.64 bits per heavy atom. The van der Waals surface area contributed by atoms with Gasteiger partial charge >= 0.3 is 5.97 Å². The van der Waals surface area contributed by atoms with Crippen LogP contribution in [0.3, 0.4) is 0 Å². The van der Waals surface area contributed by atoms with Crippen LogP contribution in [-0.2, 0) is 0 Å². The molecule has 1 aromatic heterocycles. The predicted octanol–water partition coefficient (Wildman–Crippen LogP) is -0.661. The summed E-state index contributed by atoms with van der Waals surface area (Å²) in [6, 6.07) is 0. The Morgan fingerprint density at radius 2 is 2.18 bits per heavy atom. The third-order valence-corrected chi connectivity index (χ3v) is 1.07. The van der Waals surface area contributed by atoms with Gasteiger partial charge < -0.3 is 16.6 Å². The third-order valence-electron chi connectivity index (χ3n) is 1.07. The summed E-state index contributed by atoms with van der Waals surface area (Å²) in [7, 11) is 0. The van der Waals surface area contributed by atoms with Crippen molar-refractivity contribution in [2.75, 3.05) is 11.5 Å². The van der Waals surface area contributed by atoms with E-state index in [0.29, 0.717) is 0 Å². The molecule has 0 fully saturated rings. The minimum Gasteiger partial charge on any atom is -0.477 e. The molecule has 0 aromatic carbocycles. The Labute approximate surface area is 61.9 Å². The molecule has 1 aromatic rings. The summed E-state index contributed by atoms with van der Waals surface area (Å²) in [6.45, 7) is 0. The number of anilines is 2. The van der Waals surface area contributed by atoms with E-state index in [1.807, 2.05) is 0 Å². The van der Waals surface area contributed by atoms with Crippen LogP contribution in [0.1, 0.15) is 10.4 Å². The molecule has 0 unspecified atom stereocenters. The van der Waals surface area contributed by atoms with Gasteiger partial charge in [0.05, 0.1) is 0 Å². The fourth-order valence-electron chi connectivity index (χ4n) is 0.574. The second-order valence-electron chi connectivity index (χ2n) is 1.83. The van der Waals surface area contributed by atoms with Gasteiger partial charge in [0, 0.05) is 6.20 Å². The van der Waals surface area contributed by atoms with Crippen LogP contribution in [0.4, 0.5) is 11.8 Å². The number of rotatable bonds is 1. The molecule has 0 bridgehead atoms. The van der Waals surface area contributed by atoms with Crippen LogP contribution in [0.2, 0.25) is 0 Å². The maximum atomic E-state index is 10.3. The van der Waals surface area contributed by atoms with Crippen molar-refractivity contribution in [3.05, 3.63) is 11.8 Å². The lowest BCUT2D eigenvalue weighted by atomic mass is 10.3. The highest BCUT2D eigenvalue weighted by atomic mass is 16.4. The standard InChI is InChI=1S/C5H6N4O2/c6-3-2(4(10)11)1-8-5(7)9-3/h1H,(H,10,11)(H4,6,7,8,9). The second-order valence-corrected chi connectivity index (χ2v) is 1.83. The number of hydrogen-bond acceptors (Lipinski definition) is 5. The predicted molar refractivity (Wildman–Crippen MR) is 37.8 cm³/mol. The number of hydrogen-bond donors (Lipinski definition) is 3. The average molecular weight is 154 g/mol. The van der Waals surface area contributed by atoms with E-state index >= 15 is 0 Å². The maximum absolute atomic E-state index is 10.3. The SMILES string of the molecule is Nc1ncc(C(=O)O)c(N)n1. The first-order chi connectivity index (χ1) is 5.11. The van der Waals surface area contributed by atoms with Crippen LogP contribution in [0, 0.1) is 0 Å². The minimum absolute atomic E-state index is 0.0347. The van der Waals surface area contributed by atoms with Gasteiger partial charge in [-0.1, -0.05) is 0 Å². The fraction of sp³-hybridized carbons (Fsp3) is 0. The smallest absolute Gasteiger partial charge is 0.341 e. The topological polar surface area (TPSA) is 115 Å². The highest BCUT2D eigenvalue weighted by Gasteiger charge is 2.08. The fourth-order valence-corrected chi connectivity index (χ4v) is 0.574. The summed E-state index contributed by atoms with van der Waals surface area (Å²) in [5.41, 5.74) is 10.2. The lowest BCUT2D eigenvalue weighted by Gasteiger charge is -1.97. The molecule has 1 heterocycles. The Kier molecular flexibility index (Phi) is 1.59. The minimum atomic E-state index is -1.16. The highest BCUT2D eigenvalue weighted by molar-refractivity contribution is 5.92. The van der Waals surface area contributed by atoms with Crippen molar-refractivity contribution in [1.82, 2.24) is 9.97 Å². The van der Waals surface area contributed by atoms with Gasteiger partial charge in [-0.15, -0.1) is 0 Å². The lowest BCUT2D eigenvalue weighted by molar-refractivity contribution is 0.0697. The van der Waals surface area contributed by atoms with Gasteiger partial charge in [0.25, 0.3) is 0 Å². The van der Waals surface area contributed by atoms with Crippen LogP contribution in [0.15, 0.2) is 6.20 Å². The van der Waals surface area contributed by atoms with Crippen LogP contribution in [0.25, 0.3) is 0 Å². The molecule has 0 aliphatic rings. The van der Waals surface area contributed by atoms with Crippen LogP contribution in [-0.4, -0.2) is 21.0 Å². The number of carboxylic acids is 1. The summed E-state index contributed by atoms with van der Waals surface area (Å²) in [5, 5.41) is 8.46. The monoisotopic (exact) mass is 154 g/mol. The van der Waals surface area contributed by atoms with Gasteiger partial charge in [-0.25, -0.2) is 9.78 Å². The summed E-state index contributed by atoms with van der Waals surface area (Å²) < 4.78 is 0. The number of nitrogen functional groups attached to an aromatic ring is 2. The van der Waals surface area contributed by atoms with E-state index in [4.69, 9.17) is 16.6 Å². The summed E-state index contributed by atoms with van der Waals surface area (Å²) in [6.07, 6.45) is 1.07. The van der Waals surface area contributed by atoms with Crippen LogP contribution >= 0.6 is 0 Å². The van der Waals surface area contributed by atoms with Gasteiger partial charge in [0.15, 0.2) is 0 Å². The van der Waals surface area contributed by atoms with Crippen LogP contribution in [0.5, 0.6) is 0 Å². The van der Waals surface area contributed by atoms with Gasteiger partial charge in [-0.05, 0) is 0 Å². The van der Waals surface area contributed by atoms with Gasteiger partial charge in [-0.3, -0.25) is 0 Å². The number of aromatic nitrogens is 2. The molecule has 0 saturated carbocycles. The summed E-state index contributed by atoms with van der Waals surface area (Å²) >= 11 is 0. The van der Waals surface area contributed by atoms with Crippen molar-refractivity contribution in [2.24, 2.45) is 0 Å². The highest BCUT2D eigenvalue weighted by Crippen LogP contribution is 2.06. The Morgan fingerprint density at radius 1 is 1.55 bits per heavy atom. The molecule has 1 rings (SSSR count). The molecule has 0 aliphatic heterocycles. The van der Waals surface area contributed by atoms with E-state index in [2.05, 4.69) is 9.97 Å². The van der Waals surface area contributed by atoms with Crippen molar-refractivity contribution in [1.29, 1.82) is 0 Å². The first kappa shape index (κ1) is 7.26. The molecule has 0 spiro atoms. The molecular weight excluding hydrogens is 148 g/mol. The molecule has 0 atom stereocenters. The molecule has 6 nitrogen and oxygen atoms in total. The van der Waals surface area contributed by atoms with Crippen LogP contribution < -0.4 is 11.5 Å². The van der Waals surface area contributed by atoms with E-state index in [1.165, 1.54) is 0 Å².